The molecule has 0 radical (unpaired) electrons. The third kappa shape index (κ3) is 6.28. The molecule has 71 heavy (non-hydrogen) atoms. The molecule has 1 aliphatic carbocycles. The molecule has 0 fully saturated rings. The summed E-state index contributed by atoms with van der Waals surface area (Å²) in [6, 6.07) is 97.2. The summed E-state index contributed by atoms with van der Waals surface area (Å²) in [4.78, 5) is 11.0. The summed E-state index contributed by atoms with van der Waals surface area (Å²) in [5.41, 5.74) is 16.6. The molecule has 0 atom stereocenters. The lowest BCUT2D eigenvalue weighted by Crippen LogP contribution is -2.28. The average molecular weight is 901 g/mol. The van der Waals surface area contributed by atoms with E-state index in [0.717, 1.165) is 33.5 Å². The topological polar surface area (TPSA) is 25.8 Å². The smallest absolute Gasteiger partial charge is 0.160 e. The molecule has 13 aromatic rings. The molecule has 1 aromatic heterocycles. The Kier molecular flexibility index (Phi) is 9.47. The van der Waals surface area contributed by atoms with Gasteiger partial charge in [0.2, 0.25) is 0 Å². The molecule has 0 spiro atoms. The van der Waals surface area contributed by atoms with Crippen LogP contribution in [0.2, 0.25) is 0 Å². The number of benzene rings is 12. The van der Waals surface area contributed by atoms with E-state index in [2.05, 4.69) is 267 Å². The van der Waals surface area contributed by atoms with E-state index in [0.29, 0.717) is 5.82 Å². The predicted molar refractivity (Wildman–Crippen MR) is 297 cm³/mol. The minimum Gasteiger partial charge on any atom is -0.228 e. The molecule has 0 N–H and O–H groups in total. The van der Waals surface area contributed by atoms with E-state index < -0.39 is 5.41 Å². The number of nitrogens with zero attached hydrogens (tertiary/aromatic N) is 2. The predicted octanol–water partition coefficient (Wildman–Crippen LogP) is 17.8. The second-order valence-corrected chi connectivity index (χ2v) is 18.7. The molecule has 0 saturated heterocycles. The van der Waals surface area contributed by atoms with Gasteiger partial charge in [-0.3, -0.25) is 0 Å². The van der Waals surface area contributed by atoms with E-state index in [1.165, 1.54) is 93.3 Å². The molecular formula is C69H44N2. The minimum atomic E-state index is -0.533. The van der Waals surface area contributed by atoms with Gasteiger partial charge in [0.05, 0.1) is 16.8 Å². The molecule has 0 unspecified atom stereocenters. The molecule has 1 heterocycles. The van der Waals surface area contributed by atoms with Gasteiger partial charge >= 0.3 is 0 Å². The van der Waals surface area contributed by atoms with Gasteiger partial charge in [-0.25, -0.2) is 9.97 Å². The van der Waals surface area contributed by atoms with Gasteiger partial charge in [0.15, 0.2) is 5.82 Å². The van der Waals surface area contributed by atoms with Crippen LogP contribution < -0.4 is 0 Å². The first-order chi connectivity index (χ1) is 35.3. The first-order valence-electron chi connectivity index (χ1n) is 24.5. The van der Waals surface area contributed by atoms with Crippen molar-refractivity contribution in [1.82, 2.24) is 9.97 Å². The van der Waals surface area contributed by atoms with Gasteiger partial charge in [-0.05, 0) is 105 Å². The second kappa shape index (κ2) is 16.5. The molecule has 0 aliphatic heterocycles. The number of hydrogen-bond acceptors (Lipinski definition) is 2. The van der Waals surface area contributed by atoms with Crippen LogP contribution in [0.25, 0.3) is 110 Å². The fourth-order valence-electron chi connectivity index (χ4n) is 12.0. The summed E-state index contributed by atoms with van der Waals surface area (Å²) >= 11 is 0. The molecule has 0 bridgehead atoms. The summed E-state index contributed by atoms with van der Waals surface area (Å²) in [6.07, 6.45) is 0. The van der Waals surface area contributed by atoms with Crippen LogP contribution in [0.1, 0.15) is 22.3 Å². The largest absolute Gasteiger partial charge is 0.228 e. The zero-order chi connectivity index (χ0) is 46.9. The molecular weight excluding hydrogens is 857 g/mol. The van der Waals surface area contributed by atoms with Crippen LogP contribution in [-0.2, 0) is 5.41 Å². The molecule has 12 aromatic carbocycles. The van der Waals surface area contributed by atoms with Crippen molar-refractivity contribution in [3.8, 4) is 67.3 Å². The Morgan fingerprint density at radius 1 is 0.268 bits per heavy atom. The van der Waals surface area contributed by atoms with Crippen LogP contribution in [-0.4, -0.2) is 9.97 Å². The van der Waals surface area contributed by atoms with Crippen molar-refractivity contribution < 1.29 is 0 Å². The first kappa shape index (κ1) is 40.8. The van der Waals surface area contributed by atoms with E-state index in [-0.39, 0.29) is 0 Å². The lowest BCUT2D eigenvalue weighted by molar-refractivity contribution is 0.768. The van der Waals surface area contributed by atoms with Crippen molar-refractivity contribution in [1.29, 1.82) is 0 Å². The van der Waals surface area contributed by atoms with Gasteiger partial charge in [0, 0.05) is 16.7 Å². The third-order valence-corrected chi connectivity index (χ3v) is 15.0. The normalized spacial score (nSPS) is 12.6. The maximum atomic E-state index is 5.50. The maximum absolute atomic E-state index is 5.50. The van der Waals surface area contributed by atoms with Crippen molar-refractivity contribution in [3.05, 3.63) is 289 Å². The number of fused-ring (bicyclic) bond motifs is 8. The minimum absolute atomic E-state index is 0.533. The van der Waals surface area contributed by atoms with Gasteiger partial charge in [0.25, 0.3) is 0 Å². The Labute approximate surface area is 412 Å². The van der Waals surface area contributed by atoms with Gasteiger partial charge in [0.1, 0.15) is 0 Å². The maximum Gasteiger partial charge on any atom is 0.160 e. The molecule has 0 saturated carbocycles. The van der Waals surface area contributed by atoms with E-state index in [4.69, 9.17) is 9.97 Å². The Morgan fingerprint density at radius 3 is 1.45 bits per heavy atom. The monoisotopic (exact) mass is 900 g/mol. The second-order valence-electron chi connectivity index (χ2n) is 18.7. The molecule has 2 nitrogen and oxygen atoms in total. The van der Waals surface area contributed by atoms with Crippen molar-refractivity contribution in [3.63, 3.8) is 0 Å². The van der Waals surface area contributed by atoms with E-state index in [1.54, 1.807) is 0 Å². The van der Waals surface area contributed by atoms with Crippen LogP contribution in [0.3, 0.4) is 0 Å². The fraction of sp³-hybridized carbons (Fsp3) is 0.0145. The van der Waals surface area contributed by atoms with Gasteiger partial charge in [-0.15, -0.1) is 0 Å². The van der Waals surface area contributed by atoms with Crippen LogP contribution in [0.15, 0.2) is 267 Å². The first-order valence-corrected chi connectivity index (χ1v) is 24.5. The van der Waals surface area contributed by atoms with Crippen LogP contribution >= 0.6 is 0 Å². The SMILES string of the molecule is c1ccc(-c2nc(-c3cccc4c3-c3ccccc3C4(c3ccccc3)c3ccccc3)cc(-c3ccc(-c4c5ccccc5c(-c5ccccc5)c5c4ccc4ccccc45)c4ccccc34)n2)cc1. The zero-order valence-electron chi connectivity index (χ0n) is 38.8. The number of rotatable bonds is 7. The number of hydrogen-bond donors (Lipinski definition) is 0. The summed E-state index contributed by atoms with van der Waals surface area (Å²) in [6.45, 7) is 0. The van der Waals surface area contributed by atoms with Gasteiger partial charge in [-0.2, -0.15) is 0 Å². The molecule has 14 rings (SSSR count). The lowest BCUT2D eigenvalue weighted by Gasteiger charge is -2.33. The fourth-order valence-corrected chi connectivity index (χ4v) is 12.0. The average Bonchev–Trinajstić information content (AvgIpc) is 3.77. The Morgan fingerprint density at radius 2 is 0.761 bits per heavy atom. The van der Waals surface area contributed by atoms with Gasteiger partial charge in [-0.1, -0.05) is 261 Å². The lowest BCUT2D eigenvalue weighted by atomic mass is 9.67. The molecule has 2 heteroatoms. The molecule has 1 aliphatic rings. The Hall–Kier alpha value is -9.24. The zero-order valence-corrected chi connectivity index (χ0v) is 38.8. The van der Waals surface area contributed by atoms with E-state index >= 15 is 0 Å². The van der Waals surface area contributed by atoms with Crippen molar-refractivity contribution in [2.24, 2.45) is 0 Å². The summed E-state index contributed by atoms with van der Waals surface area (Å²) in [7, 11) is 0. The van der Waals surface area contributed by atoms with E-state index in [9.17, 15) is 0 Å². The number of aromatic nitrogens is 2. The Balaban J connectivity index is 1.03. The third-order valence-electron chi connectivity index (χ3n) is 15.0. The standard InChI is InChI=1S/C69H44N2/c1-5-23-46(24-6-1)64-54-34-17-18-35-55(54)65(59-41-40-45-22-13-14-31-50(45)67(59)64)56-43-42-53(51-32-15-16-33-52(51)56)62-44-63(71-68(70-62)47-25-7-2-8-26-47)58-37-21-39-61-66(58)57-36-19-20-38-60(57)69(61,48-27-9-3-10-28-48)49-29-11-4-12-30-49/h1-44H. The highest BCUT2D eigenvalue weighted by atomic mass is 14.9. The molecule has 330 valence electrons. The highest BCUT2D eigenvalue weighted by Crippen LogP contribution is 2.58. The summed E-state index contributed by atoms with van der Waals surface area (Å²) in [5, 5.41) is 9.74. The highest BCUT2D eigenvalue weighted by molar-refractivity contribution is 6.29. The quantitative estimate of drug-likeness (QED) is 0.118. The van der Waals surface area contributed by atoms with Gasteiger partial charge < -0.3 is 0 Å². The summed E-state index contributed by atoms with van der Waals surface area (Å²) < 4.78 is 0. The Bertz CT molecular complexity index is 4160. The highest BCUT2D eigenvalue weighted by Gasteiger charge is 2.47. The molecule has 0 amide bonds. The van der Waals surface area contributed by atoms with Crippen molar-refractivity contribution in [2.45, 2.75) is 5.41 Å². The summed E-state index contributed by atoms with van der Waals surface area (Å²) in [5.74, 6) is 0.688. The van der Waals surface area contributed by atoms with E-state index in [1.807, 2.05) is 0 Å². The van der Waals surface area contributed by atoms with Crippen LogP contribution in [0.5, 0.6) is 0 Å². The van der Waals surface area contributed by atoms with Crippen LogP contribution in [0.4, 0.5) is 0 Å². The van der Waals surface area contributed by atoms with Crippen LogP contribution in [0, 0.1) is 0 Å². The van der Waals surface area contributed by atoms with Crippen molar-refractivity contribution in [2.75, 3.05) is 0 Å². The van der Waals surface area contributed by atoms with Crippen molar-refractivity contribution >= 4 is 43.1 Å².